The van der Waals surface area contributed by atoms with Crippen molar-refractivity contribution in [1.82, 2.24) is 5.32 Å². The van der Waals surface area contributed by atoms with E-state index in [1.54, 1.807) is 26.8 Å². The summed E-state index contributed by atoms with van der Waals surface area (Å²) in [5.41, 5.74) is -0.497. The second-order valence-corrected chi connectivity index (χ2v) is 4.24. The van der Waals surface area contributed by atoms with Crippen LogP contribution in [0.25, 0.3) is 0 Å². The summed E-state index contributed by atoms with van der Waals surface area (Å²) in [6.45, 7) is 9.37. The Labute approximate surface area is 90.9 Å². The third-order valence-corrected chi connectivity index (χ3v) is 1.59. The SMILES string of the molecule is C=C[C@H](CC#N)CNC(=O)OC(C)(C)C. The van der Waals surface area contributed by atoms with Gasteiger partial charge in [-0.05, 0) is 20.8 Å². The number of rotatable bonds is 4. The van der Waals surface area contributed by atoms with Crippen molar-refractivity contribution in [3.8, 4) is 6.07 Å². The molecule has 0 heterocycles. The molecule has 1 atom stereocenters. The lowest BCUT2D eigenvalue weighted by molar-refractivity contribution is 0.0523. The number of alkyl carbamates (subject to hydrolysis) is 1. The van der Waals surface area contributed by atoms with Gasteiger partial charge in [0.15, 0.2) is 0 Å². The average Bonchev–Trinajstić information content (AvgIpc) is 2.09. The molecule has 0 fully saturated rings. The Morgan fingerprint density at radius 2 is 2.27 bits per heavy atom. The van der Waals surface area contributed by atoms with Crippen LogP contribution >= 0.6 is 0 Å². The maximum absolute atomic E-state index is 11.2. The largest absolute Gasteiger partial charge is 0.444 e. The molecule has 0 saturated carbocycles. The maximum Gasteiger partial charge on any atom is 0.407 e. The first-order valence-electron chi connectivity index (χ1n) is 4.85. The second kappa shape index (κ2) is 6.07. The van der Waals surface area contributed by atoms with E-state index in [1.807, 2.05) is 6.07 Å². The van der Waals surface area contributed by atoms with Crippen molar-refractivity contribution < 1.29 is 9.53 Å². The molecule has 1 amide bonds. The number of ether oxygens (including phenoxy) is 1. The van der Waals surface area contributed by atoms with Crippen LogP contribution in [0.3, 0.4) is 0 Å². The van der Waals surface area contributed by atoms with Crippen molar-refractivity contribution in [2.75, 3.05) is 6.54 Å². The van der Waals surface area contributed by atoms with Gasteiger partial charge in [-0.15, -0.1) is 6.58 Å². The Balaban J connectivity index is 3.89. The Morgan fingerprint density at radius 1 is 1.67 bits per heavy atom. The Hall–Kier alpha value is -1.50. The first kappa shape index (κ1) is 13.5. The zero-order valence-electron chi connectivity index (χ0n) is 9.54. The molecule has 0 spiro atoms. The summed E-state index contributed by atoms with van der Waals surface area (Å²) in [5.74, 6) is -0.0254. The molecule has 0 unspecified atom stereocenters. The molecule has 0 aromatic heterocycles. The molecule has 1 N–H and O–H groups in total. The van der Waals surface area contributed by atoms with Crippen LogP contribution in [0.15, 0.2) is 12.7 Å². The van der Waals surface area contributed by atoms with Crippen molar-refractivity contribution in [3.05, 3.63) is 12.7 Å². The molecule has 0 aromatic rings. The molecule has 0 radical (unpaired) electrons. The van der Waals surface area contributed by atoms with Gasteiger partial charge < -0.3 is 10.1 Å². The first-order chi connectivity index (χ1) is 6.89. The van der Waals surface area contributed by atoms with Crippen LogP contribution < -0.4 is 5.32 Å². The van der Waals surface area contributed by atoms with Gasteiger partial charge in [0.1, 0.15) is 5.60 Å². The van der Waals surface area contributed by atoms with E-state index in [0.717, 1.165) is 0 Å². The fourth-order valence-corrected chi connectivity index (χ4v) is 0.885. The predicted molar refractivity (Wildman–Crippen MR) is 58.2 cm³/mol. The highest BCUT2D eigenvalue weighted by molar-refractivity contribution is 5.67. The van der Waals surface area contributed by atoms with Crippen molar-refractivity contribution in [3.63, 3.8) is 0 Å². The molecule has 4 heteroatoms. The summed E-state index contributed by atoms with van der Waals surface area (Å²) < 4.78 is 5.04. The van der Waals surface area contributed by atoms with Gasteiger partial charge in [0.05, 0.1) is 6.07 Å². The highest BCUT2D eigenvalue weighted by Crippen LogP contribution is 2.07. The number of nitrogens with one attached hydrogen (secondary N) is 1. The Morgan fingerprint density at radius 3 is 2.67 bits per heavy atom. The van der Waals surface area contributed by atoms with Gasteiger partial charge in [-0.2, -0.15) is 5.26 Å². The normalized spacial score (nSPS) is 12.4. The molecule has 84 valence electrons. The molecule has 0 aliphatic carbocycles. The van der Waals surface area contributed by atoms with Crippen LogP contribution in [-0.2, 0) is 4.74 Å². The number of carbonyl (C=O) groups excluding carboxylic acids is 1. The lowest BCUT2D eigenvalue weighted by Gasteiger charge is -2.20. The van der Waals surface area contributed by atoms with E-state index in [4.69, 9.17) is 10.00 Å². The summed E-state index contributed by atoms with van der Waals surface area (Å²) in [6.07, 6.45) is 1.53. The van der Waals surface area contributed by atoms with Crippen LogP contribution in [0, 0.1) is 17.2 Å². The minimum atomic E-state index is -0.497. The van der Waals surface area contributed by atoms with E-state index in [0.29, 0.717) is 13.0 Å². The maximum atomic E-state index is 11.2. The van der Waals surface area contributed by atoms with Crippen molar-refractivity contribution in [2.24, 2.45) is 5.92 Å². The van der Waals surface area contributed by atoms with Gasteiger partial charge in [0, 0.05) is 18.9 Å². The van der Waals surface area contributed by atoms with Gasteiger partial charge in [-0.3, -0.25) is 0 Å². The summed E-state index contributed by atoms with van der Waals surface area (Å²) in [5, 5.41) is 11.1. The van der Waals surface area contributed by atoms with E-state index in [9.17, 15) is 4.79 Å². The van der Waals surface area contributed by atoms with Crippen molar-refractivity contribution in [1.29, 1.82) is 5.26 Å². The summed E-state index contributed by atoms with van der Waals surface area (Å²) >= 11 is 0. The summed E-state index contributed by atoms with van der Waals surface area (Å²) in [7, 11) is 0. The van der Waals surface area contributed by atoms with Crippen LogP contribution in [0.1, 0.15) is 27.2 Å². The molecule has 4 nitrogen and oxygen atoms in total. The van der Waals surface area contributed by atoms with Gasteiger partial charge >= 0.3 is 6.09 Å². The predicted octanol–water partition coefficient (Wildman–Crippen LogP) is 2.23. The van der Waals surface area contributed by atoms with Gasteiger partial charge in [-0.25, -0.2) is 4.79 Å². The lowest BCUT2D eigenvalue weighted by Crippen LogP contribution is -2.34. The van der Waals surface area contributed by atoms with Gasteiger partial charge in [0.25, 0.3) is 0 Å². The monoisotopic (exact) mass is 210 g/mol. The summed E-state index contributed by atoms with van der Waals surface area (Å²) in [6, 6.07) is 2.03. The molecule has 0 aromatic carbocycles. The minimum absolute atomic E-state index is 0.0254. The molecule has 0 aliphatic rings. The van der Waals surface area contributed by atoms with E-state index in [2.05, 4.69) is 11.9 Å². The number of hydrogen-bond donors (Lipinski definition) is 1. The van der Waals surface area contributed by atoms with Crippen LogP contribution in [-0.4, -0.2) is 18.2 Å². The summed E-state index contributed by atoms with van der Waals surface area (Å²) in [4.78, 5) is 11.2. The third kappa shape index (κ3) is 7.56. The molecule has 0 bridgehead atoms. The number of nitrogens with zero attached hydrogens (tertiary/aromatic N) is 1. The zero-order valence-corrected chi connectivity index (χ0v) is 9.54. The Bertz CT molecular complexity index is 261. The highest BCUT2D eigenvalue weighted by Gasteiger charge is 2.16. The molecular weight excluding hydrogens is 192 g/mol. The van der Waals surface area contributed by atoms with Crippen molar-refractivity contribution in [2.45, 2.75) is 32.8 Å². The van der Waals surface area contributed by atoms with Crippen molar-refractivity contribution >= 4 is 6.09 Å². The van der Waals surface area contributed by atoms with E-state index < -0.39 is 11.7 Å². The quantitative estimate of drug-likeness (QED) is 0.724. The topological polar surface area (TPSA) is 62.1 Å². The van der Waals surface area contributed by atoms with E-state index in [1.165, 1.54) is 0 Å². The second-order valence-electron chi connectivity index (χ2n) is 4.24. The van der Waals surface area contributed by atoms with Crippen LogP contribution in [0.5, 0.6) is 0 Å². The number of nitriles is 1. The fourth-order valence-electron chi connectivity index (χ4n) is 0.885. The highest BCUT2D eigenvalue weighted by atomic mass is 16.6. The van der Waals surface area contributed by atoms with E-state index >= 15 is 0 Å². The van der Waals surface area contributed by atoms with E-state index in [-0.39, 0.29) is 5.92 Å². The lowest BCUT2D eigenvalue weighted by atomic mass is 10.1. The molecular formula is C11H18N2O2. The third-order valence-electron chi connectivity index (χ3n) is 1.59. The first-order valence-corrected chi connectivity index (χ1v) is 4.85. The Kier molecular flexibility index (Phi) is 5.46. The van der Waals surface area contributed by atoms with Crippen LogP contribution in [0.2, 0.25) is 0 Å². The zero-order chi connectivity index (χ0) is 11.9. The standard InChI is InChI=1S/C11H18N2O2/c1-5-9(6-7-12)8-13-10(14)15-11(2,3)4/h5,9H,1,6,8H2,2-4H3,(H,13,14)/t9-/m1/s1. The average molecular weight is 210 g/mol. The molecule has 0 rings (SSSR count). The number of amides is 1. The fraction of sp³-hybridized carbons (Fsp3) is 0.636. The number of carbonyl (C=O) groups is 1. The van der Waals surface area contributed by atoms with Gasteiger partial charge in [0.2, 0.25) is 0 Å². The minimum Gasteiger partial charge on any atom is -0.444 e. The van der Waals surface area contributed by atoms with Crippen LogP contribution in [0.4, 0.5) is 4.79 Å². The van der Waals surface area contributed by atoms with Gasteiger partial charge in [-0.1, -0.05) is 6.08 Å². The molecule has 15 heavy (non-hydrogen) atoms. The smallest absolute Gasteiger partial charge is 0.407 e. The number of hydrogen-bond acceptors (Lipinski definition) is 3. The molecule has 0 aliphatic heterocycles. The molecule has 0 saturated heterocycles.